The Kier molecular flexibility index (Phi) is 4.57. The normalized spacial score (nSPS) is 28.8. The highest BCUT2D eigenvalue weighted by atomic mass is 16.4. The first-order chi connectivity index (χ1) is 12.6. The fraction of sp³-hybridized carbons (Fsp3) is 0.524. The zero-order chi connectivity index (χ0) is 18.1. The fourth-order valence-corrected chi connectivity index (χ4v) is 4.97. The number of carbonyl (C=O) groups is 1. The summed E-state index contributed by atoms with van der Waals surface area (Å²) in [6.45, 7) is 5.26. The molecule has 1 aromatic heterocycles. The van der Waals surface area contributed by atoms with E-state index in [9.17, 15) is 9.90 Å². The van der Waals surface area contributed by atoms with Crippen LogP contribution in [0.15, 0.2) is 42.7 Å². The molecule has 2 fully saturated rings. The predicted molar refractivity (Wildman–Crippen MR) is 99.8 cm³/mol. The van der Waals surface area contributed by atoms with E-state index in [1.807, 2.05) is 16.9 Å². The molecule has 2 heterocycles. The van der Waals surface area contributed by atoms with Crippen molar-refractivity contribution in [2.45, 2.75) is 45.2 Å². The number of aliphatic carboxylic acids is 1. The molecular weight excluding hydrogens is 326 g/mol. The number of likely N-dealkylation sites (tertiary alicyclic amines) is 1. The highest BCUT2D eigenvalue weighted by Gasteiger charge is 2.54. The Morgan fingerprint density at radius 3 is 2.85 bits per heavy atom. The minimum absolute atomic E-state index is 0.222. The number of carboxylic acid groups (broad SMARTS) is 1. The summed E-state index contributed by atoms with van der Waals surface area (Å²) in [5, 5.41) is 14.4. The SMILES string of the molecule is CCn1cc(CN2C[C@H]3C[C@H](c4ccccc4)CC[C@@]3(C(=O)O)C2)cn1. The first-order valence-corrected chi connectivity index (χ1v) is 9.63. The van der Waals surface area contributed by atoms with Gasteiger partial charge in [-0.1, -0.05) is 30.3 Å². The van der Waals surface area contributed by atoms with Gasteiger partial charge in [-0.15, -0.1) is 0 Å². The molecule has 2 aliphatic rings. The van der Waals surface area contributed by atoms with Crippen LogP contribution >= 0.6 is 0 Å². The van der Waals surface area contributed by atoms with Gasteiger partial charge in [0, 0.05) is 37.9 Å². The van der Waals surface area contributed by atoms with Crippen molar-refractivity contribution in [3.05, 3.63) is 53.9 Å². The minimum Gasteiger partial charge on any atom is -0.481 e. The molecule has 1 aromatic carbocycles. The summed E-state index contributed by atoms with van der Waals surface area (Å²) in [7, 11) is 0. The number of aromatic nitrogens is 2. The van der Waals surface area contributed by atoms with Crippen LogP contribution in [0, 0.1) is 11.3 Å². The van der Waals surface area contributed by atoms with Crippen LogP contribution < -0.4 is 0 Å². The van der Waals surface area contributed by atoms with E-state index in [-0.39, 0.29) is 5.92 Å². The highest BCUT2D eigenvalue weighted by Crippen LogP contribution is 2.51. The number of aryl methyl sites for hydroxylation is 1. The Morgan fingerprint density at radius 1 is 1.35 bits per heavy atom. The Bertz CT molecular complexity index is 773. The second-order valence-electron chi connectivity index (χ2n) is 7.91. The van der Waals surface area contributed by atoms with Crippen molar-refractivity contribution in [2.24, 2.45) is 11.3 Å². The molecule has 0 unspecified atom stereocenters. The first-order valence-electron chi connectivity index (χ1n) is 9.63. The quantitative estimate of drug-likeness (QED) is 0.895. The lowest BCUT2D eigenvalue weighted by atomic mass is 9.64. The van der Waals surface area contributed by atoms with Gasteiger partial charge >= 0.3 is 5.97 Å². The maximum atomic E-state index is 12.2. The smallest absolute Gasteiger partial charge is 0.311 e. The van der Waals surface area contributed by atoms with Crippen molar-refractivity contribution in [1.29, 1.82) is 0 Å². The van der Waals surface area contributed by atoms with Gasteiger partial charge in [0.2, 0.25) is 0 Å². The predicted octanol–water partition coefficient (Wildman–Crippen LogP) is 3.37. The Labute approximate surface area is 154 Å². The van der Waals surface area contributed by atoms with E-state index in [1.54, 1.807) is 0 Å². The van der Waals surface area contributed by atoms with Gasteiger partial charge < -0.3 is 5.11 Å². The summed E-state index contributed by atoms with van der Waals surface area (Å²) in [5.41, 5.74) is 1.95. The van der Waals surface area contributed by atoms with Crippen molar-refractivity contribution in [2.75, 3.05) is 13.1 Å². The van der Waals surface area contributed by atoms with Gasteiger partial charge in [0.15, 0.2) is 0 Å². The average molecular weight is 353 g/mol. The largest absolute Gasteiger partial charge is 0.481 e. The summed E-state index contributed by atoms with van der Waals surface area (Å²) < 4.78 is 1.93. The molecule has 26 heavy (non-hydrogen) atoms. The molecule has 0 radical (unpaired) electrons. The lowest BCUT2D eigenvalue weighted by molar-refractivity contribution is -0.152. The monoisotopic (exact) mass is 353 g/mol. The average Bonchev–Trinajstić information content (AvgIpc) is 3.26. The second-order valence-corrected chi connectivity index (χ2v) is 7.91. The maximum Gasteiger partial charge on any atom is 0.311 e. The van der Waals surface area contributed by atoms with E-state index in [0.29, 0.717) is 12.5 Å². The molecule has 1 aliphatic heterocycles. The van der Waals surface area contributed by atoms with Crippen molar-refractivity contribution < 1.29 is 9.90 Å². The summed E-state index contributed by atoms with van der Waals surface area (Å²) in [4.78, 5) is 14.5. The molecule has 138 valence electrons. The number of rotatable bonds is 5. The molecule has 0 spiro atoms. The number of nitrogens with zero attached hydrogens (tertiary/aromatic N) is 3. The molecule has 0 amide bonds. The summed E-state index contributed by atoms with van der Waals surface area (Å²) in [6.07, 6.45) is 6.70. The fourth-order valence-electron chi connectivity index (χ4n) is 4.97. The molecule has 4 rings (SSSR count). The van der Waals surface area contributed by atoms with Gasteiger partial charge in [0.1, 0.15) is 0 Å². The third-order valence-electron chi connectivity index (χ3n) is 6.39. The van der Waals surface area contributed by atoms with E-state index in [2.05, 4.69) is 47.4 Å². The molecule has 5 heteroatoms. The van der Waals surface area contributed by atoms with Gasteiger partial charge in [-0.25, -0.2) is 0 Å². The van der Waals surface area contributed by atoms with Crippen LogP contribution in [0.25, 0.3) is 0 Å². The van der Waals surface area contributed by atoms with Crippen LogP contribution in [0.3, 0.4) is 0 Å². The van der Waals surface area contributed by atoms with Gasteiger partial charge in [-0.3, -0.25) is 14.4 Å². The van der Waals surface area contributed by atoms with Crippen LogP contribution in [0.2, 0.25) is 0 Å². The van der Waals surface area contributed by atoms with E-state index >= 15 is 0 Å². The number of carboxylic acids is 1. The van der Waals surface area contributed by atoms with E-state index in [0.717, 1.165) is 38.9 Å². The number of hydrogen-bond donors (Lipinski definition) is 1. The van der Waals surface area contributed by atoms with Crippen LogP contribution in [0.5, 0.6) is 0 Å². The number of fused-ring (bicyclic) bond motifs is 1. The van der Waals surface area contributed by atoms with Crippen LogP contribution in [-0.4, -0.2) is 38.8 Å². The summed E-state index contributed by atoms with van der Waals surface area (Å²) in [6, 6.07) is 10.6. The van der Waals surface area contributed by atoms with Crippen molar-refractivity contribution >= 4 is 5.97 Å². The van der Waals surface area contributed by atoms with Crippen molar-refractivity contribution in [1.82, 2.24) is 14.7 Å². The van der Waals surface area contributed by atoms with Gasteiger partial charge in [-0.05, 0) is 43.6 Å². The van der Waals surface area contributed by atoms with Crippen molar-refractivity contribution in [3.63, 3.8) is 0 Å². The lowest BCUT2D eigenvalue weighted by Gasteiger charge is -2.38. The third-order valence-corrected chi connectivity index (χ3v) is 6.39. The standard InChI is InChI=1S/C21H27N3O2/c1-2-24-13-16(11-22-24)12-23-14-19-10-18(17-6-4-3-5-7-17)8-9-21(19,15-23)20(25)26/h3-7,11,13,18-19H,2,8-10,12,14-15H2,1H3,(H,25,26)/t18-,19-,21-/m1/s1. The van der Waals surface area contributed by atoms with Crippen LogP contribution in [0.1, 0.15) is 43.2 Å². The number of benzene rings is 1. The second kappa shape index (κ2) is 6.88. The minimum atomic E-state index is -0.610. The van der Waals surface area contributed by atoms with Gasteiger partial charge in [-0.2, -0.15) is 5.10 Å². The molecule has 0 bridgehead atoms. The molecule has 1 saturated heterocycles. The Morgan fingerprint density at radius 2 is 2.15 bits per heavy atom. The van der Waals surface area contributed by atoms with Gasteiger partial charge in [0.05, 0.1) is 11.6 Å². The first kappa shape index (κ1) is 17.3. The zero-order valence-corrected chi connectivity index (χ0v) is 15.3. The number of hydrogen-bond acceptors (Lipinski definition) is 3. The molecular formula is C21H27N3O2. The Hall–Kier alpha value is -2.14. The van der Waals surface area contributed by atoms with Crippen molar-refractivity contribution in [3.8, 4) is 0 Å². The van der Waals surface area contributed by atoms with Crippen LogP contribution in [0.4, 0.5) is 0 Å². The summed E-state index contributed by atoms with van der Waals surface area (Å²) in [5.74, 6) is 0.0948. The zero-order valence-electron chi connectivity index (χ0n) is 15.3. The molecule has 2 aromatic rings. The third kappa shape index (κ3) is 3.05. The molecule has 5 nitrogen and oxygen atoms in total. The van der Waals surface area contributed by atoms with Crippen LogP contribution in [-0.2, 0) is 17.9 Å². The Balaban J connectivity index is 1.51. The molecule has 3 atom stereocenters. The molecule has 1 N–H and O–H groups in total. The van der Waals surface area contributed by atoms with Gasteiger partial charge in [0.25, 0.3) is 0 Å². The van der Waals surface area contributed by atoms with E-state index in [1.165, 1.54) is 11.1 Å². The summed E-state index contributed by atoms with van der Waals surface area (Å²) >= 11 is 0. The maximum absolute atomic E-state index is 12.2. The molecule has 1 saturated carbocycles. The highest BCUT2D eigenvalue weighted by molar-refractivity contribution is 5.76. The molecule has 1 aliphatic carbocycles. The van der Waals surface area contributed by atoms with E-state index < -0.39 is 11.4 Å². The topological polar surface area (TPSA) is 58.4 Å². The lowest BCUT2D eigenvalue weighted by Crippen LogP contribution is -2.42. The van der Waals surface area contributed by atoms with E-state index in [4.69, 9.17) is 0 Å².